The van der Waals surface area contributed by atoms with E-state index in [0.29, 0.717) is 12.5 Å². The van der Waals surface area contributed by atoms with Gasteiger partial charge in [0.25, 0.3) is 17.7 Å². The Labute approximate surface area is 184 Å². The van der Waals surface area contributed by atoms with Crippen molar-refractivity contribution < 1.29 is 41.4 Å². The lowest BCUT2D eigenvalue weighted by molar-refractivity contribution is -0.287. The van der Waals surface area contributed by atoms with Gasteiger partial charge in [-0.25, -0.2) is 0 Å². The first-order valence-corrected chi connectivity index (χ1v) is 9.45. The van der Waals surface area contributed by atoms with Gasteiger partial charge in [-0.15, -0.1) is 0 Å². The molecular formula is C21H18F5N3O4. The van der Waals surface area contributed by atoms with Gasteiger partial charge in [0.2, 0.25) is 5.60 Å². The molecule has 2 aromatic rings. The third-order valence-electron chi connectivity index (χ3n) is 5.23. The largest absolute Gasteiger partial charge is 0.455 e. The maximum absolute atomic E-state index is 14.1. The molecule has 2 aromatic carbocycles. The van der Waals surface area contributed by atoms with Crippen molar-refractivity contribution in [2.75, 3.05) is 11.9 Å². The van der Waals surface area contributed by atoms with E-state index in [1.807, 2.05) is 0 Å². The highest BCUT2D eigenvalue weighted by Gasteiger charge is 2.60. The van der Waals surface area contributed by atoms with E-state index in [-0.39, 0.29) is 21.7 Å². The third kappa shape index (κ3) is 4.25. The fourth-order valence-electron chi connectivity index (χ4n) is 3.43. The van der Waals surface area contributed by atoms with Crippen LogP contribution in [0.5, 0.6) is 0 Å². The molecule has 0 aromatic heterocycles. The van der Waals surface area contributed by atoms with Gasteiger partial charge in [0.15, 0.2) is 0 Å². The topological polar surface area (TPSA) is 113 Å². The maximum Gasteiger partial charge on any atom is 0.455 e. The number of carbonyl (C=O) groups is 3. The van der Waals surface area contributed by atoms with Gasteiger partial charge in [-0.05, 0) is 24.1 Å². The smallest absolute Gasteiger partial charge is 0.372 e. The molecular weight excluding hydrogens is 453 g/mol. The number of benzene rings is 2. The summed E-state index contributed by atoms with van der Waals surface area (Å²) in [5.41, 5.74) is 2.61. The molecule has 2 atom stereocenters. The second kappa shape index (κ2) is 8.10. The van der Waals surface area contributed by atoms with Crippen LogP contribution in [-0.2, 0) is 14.4 Å². The zero-order valence-electron chi connectivity index (χ0n) is 17.0. The van der Waals surface area contributed by atoms with Crippen molar-refractivity contribution in [2.45, 2.75) is 30.7 Å². The standard InChI is InChI=1S/C21H18F5N3O4/c1-19(33,17(27)31)18(32)29(10-20(22,23)21(24,25)26)15-13-8-3-2-6-11(13)12-7-4-5-9-14(12)28-16(15)30/h2-9,15,33H,10H2,1H3,(H2,27,31)(H,28,30)/t15-,19+/m0/s1. The number of primary amides is 1. The number of alkyl halides is 5. The number of nitrogens with zero attached hydrogens (tertiary/aromatic N) is 1. The molecule has 3 rings (SSSR count). The van der Waals surface area contributed by atoms with Crippen molar-refractivity contribution >= 4 is 23.4 Å². The van der Waals surface area contributed by atoms with Crippen LogP contribution in [0.3, 0.4) is 0 Å². The molecule has 3 amide bonds. The van der Waals surface area contributed by atoms with E-state index in [1.165, 1.54) is 24.3 Å². The van der Waals surface area contributed by atoms with Crippen molar-refractivity contribution in [1.82, 2.24) is 4.90 Å². The first kappa shape index (κ1) is 24.1. The summed E-state index contributed by atoms with van der Waals surface area (Å²) >= 11 is 0. The Hall–Kier alpha value is -3.54. The normalized spacial score (nSPS) is 17.7. The van der Waals surface area contributed by atoms with E-state index in [4.69, 9.17) is 5.73 Å². The minimum absolute atomic E-state index is 0.0912. The summed E-state index contributed by atoms with van der Waals surface area (Å²) in [5, 5.41) is 12.6. The molecule has 1 heterocycles. The lowest BCUT2D eigenvalue weighted by Crippen LogP contribution is -2.60. The zero-order chi connectivity index (χ0) is 24.8. The molecule has 0 bridgehead atoms. The summed E-state index contributed by atoms with van der Waals surface area (Å²) in [6, 6.07) is 9.85. The predicted octanol–water partition coefficient (Wildman–Crippen LogP) is 2.61. The number of anilines is 1. The van der Waals surface area contributed by atoms with Gasteiger partial charge in [0, 0.05) is 11.3 Å². The number of hydrogen-bond donors (Lipinski definition) is 3. The van der Waals surface area contributed by atoms with E-state index in [2.05, 4.69) is 5.32 Å². The van der Waals surface area contributed by atoms with Crippen LogP contribution in [0, 0.1) is 0 Å². The quantitative estimate of drug-likeness (QED) is 0.460. The maximum atomic E-state index is 14.1. The highest BCUT2D eigenvalue weighted by Crippen LogP contribution is 2.43. The van der Waals surface area contributed by atoms with Crippen LogP contribution in [0.4, 0.5) is 27.6 Å². The van der Waals surface area contributed by atoms with Crippen LogP contribution in [0.1, 0.15) is 18.5 Å². The van der Waals surface area contributed by atoms with Crippen LogP contribution in [0.2, 0.25) is 0 Å². The summed E-state index contributed by atoms with van der Waals surface area (Å²) in [5.74, 6) is -10.2. The summed E-state index contributed by atoms with van der Waals surface area (Å²) < 4.78 is 67.3. The Kier molecular flexibility index (Phi) is 5.92. The number of amides is 3. The zero-order valence-corrected chi connectivity index (χ0v) is 17.0. The number of fused-ring (bicyclic) bond motifs is 3. The molecule has 33 heavy (non-hydrogen) atoms. The number of halogens is 5. The average Bonchev–Trinajstić information content (AvgIpc) is 2.84. The molecule has 12 heteroatoms. The molecule has 4 N–H and O–H groups in total. The van der Waals surface area contributed by atoms with Gasteiger partial charge in [-0.3, -0.25) is 14.4 Å². The van der Waals surface area contributed by atoms with E-state index in [0.717, 1.165) is 0 Å². The van der Waals surface area contributed by atoms with Crippen LogP contribution < -0.4 is 11.1 Å². The van der Waals surface area contributed by atoms with Gasteiger partial charge in [0.1, 0.15) is 6.04 Å². The van der Waals surface area contributed by atoms with Gasteiger partial charge >= 0.3 is 12.1 Å². The van der Waals surface area contributed by atoms with Gasteiger partial charge in [-0.1, -0.05) is 42.5 Å². The minimum Gasteiger partial charge on any atom is -0.372 e. The van der Waals surface area contributed by atoms with Gasteiger partial charge in [0.05, 0.1) is 6.54 Å². The highest BCUT2D eigenvalue weighted by atomic mass is 19.4. The van der Waals surface area contributed by atoms with Crippen molar-refractivity contribution in [2.24, 2.45) is 5.73 Å². The first-order valence-electron chi connectivity index (χ1n) is 9.45. The number of hydrogen-bond acceptors (Lipinski definition) is 4. The van der Waals surface area contributed by atoms with E-state index >= 15 is 0 Å². The van der Waals surface area contributed by atoms with Crippen molar-refractivity contribution in [3.05, 3.63) is 54.1 Å². The molecule has 1 aliphatic heterocycles. The fraction of sp³-hybridized carbons (Fsp3) is 0.286. The lowest BCUT2D eigenvalue weighted by atomic mass is 9.93. The minimum atomic E-state index is -6.09. The number of carbonyl (C=O) groups excluding carboxylic acids is 3. The molecule has 1 aliphatic rings. The Morgan fingerprint density at radius 3 is 2.15 bits per heavy atom. The number of nitrogens with two attached hydrogens (primary N) is 1. The van der Waals surface area contributed by atoms with Gasteiger partial charge in [-0.2, -0.15) is 22.0 Å². The average molecular weight is 471 g/mol. The van der Waals surface area contributed by atoms with E-state index in [9.17, 15) is 41.4 Å². The molecule has 7 nitrogen and oxygen atoms in total. The predicted molar refractivity (Wildman–Crippen MR) is 106 cm³/mol. The van der Waals surface area contributed by atoms with Crippen LogP contribution >= 0.6 is 0 Å². The number of nitrogens with one attached hydrogen (secondary N) is 1. The summed E-state index contributed by atoms with van der Waals surface area (Å²) in [4.78, 5) is 37.5. The van der Waals surface area contributed by atoms with Crippen molar-refractivity contribution in [3.63, 3.8) is 0 Å². The van der Waals surface area contributed by atoms with Crippen molar-refractivity contribution in [1.29, 1.82) is 0 Å². The monoisotopic (exact) mass is 471 g/mol. The Morgan fingerprint density at radius 2 is 1.58 bits per heavy atom. The molecule has 0 radical (unpaired) electrons. The molecule has 0 fully saturated rings. The van der Waals surface area contributed by atoms with Gasteiger partial charge < -0.3 is 21.1 Å². The van der Waals surface area contributed by atoms with Crippen LogP contribution in [0.25, 0.3) is 11.1 Å². The number of rotatable bonds is 5. The Morgan fingerprint density at radius 1 is 1.03 bits per heavy atom. The molecule has 176 valence electrons. The number of aliphatic hydroxyl groups is 1. The second-order valence-electron chi connectivity index (χ2n) is 7.60. The molecule has 0 aliphatic carbocycles. The Balaban J connectivity index is 2.24. The molecule has 0 spiro atoms. The molecule has 0 saturated heterocycles. The third-order valence-corrected chi connectivity index (χ3v) is 5.23. The van der Waals surface area contributed by atoms with E-state index < -0.39 is 48.0 Å². The van der Waals surface area contributed by atoms with Crippen LogP contribution in [0.15, 0.2) is 48.5 Å². The van der Waals surface area contributed by atoms with Crippen molar-refractivity contribution in [3.8, 4) is 11.1 Å². The highest BCUT2D eigenvalue weighted by molar-refractivity contribution is 6.10. The second-order valence-corrected chi connectivity index (χ2v) is 7.60. The summed E-state index contributed by atoms with van der Waals surface area (Å²) in [6.45, 7) is -1.80. The lowest BCUT2D eigenvalue weighted by Gasteiger charge is -2.37. The summed E-state index contributed by atoms with van der Waals surface area (Å²) in [6.07, 6.45) is -6.09. The SMILES string of the molecule is C[C@@](O)(C(N)=O)C(=O)N(CC(F)(F)C(F)(F)F)[C@@H]1C(=O)Nc2ccccc2-c2ccccc21. The van der Waals surface area contributed by atoms with Crippen LogP contribution in [-0.4, -0.2) is 52.0 Å². The molecule has 0 unspecified atom stereocenters. The summed E-state index contributed by atoms with van der Waals surface area (Å²) in [7, 11) is 0. The number of para-hydroxylation sites is 1. The fourth-order valence-corrected chi connectivity index (χ4v) is 3.43. The first-order chi connectivity index (χ1) is 15.2. The van der Waals surface area contributed by atoms with E-state index in [1.54, 1.807) is 24.3 Å². The molecule has 0 saturated carbocycles. The Bertz CT molecular complexity index is 1120.